The van der Waals surface area contributed by atoms with Gasteiger partial charge >= 0.3 is 0 Å². The van der Waals surface area contributed by atoms with Crippen molar-refractivity contribution >= 4 is 0 Å². The molecule has 2 rings (SSSR count). The molecule has 1 aliphatic heterocycles. The molecule has 2 heterocycles. The number of aryl methyl sites for hydroxylation is 2. The van der Waals surface area contributed by atoms with E-state index in [9.17, 15) is 0 Å². The first-order valence-electron chi connectivity index (χ1n) is 6.36. The number of hydrogen-bond acceptors (Lipinski definition) is 2. The second kappa shape index (κ2) is 4.58. The maximum Gasteiger partial charge on any atom is 0.0492 e. The Bertz CT molecular complexity index is 335. The topological polar surface area (TPSA) is 29.9 Å². The highest BCUT2D eigenvalue weighted by molar-refractivity contribution is 5.04. The summed E-state index contributed by atoms with van der Waals surface area (Å²) in [4.78, 5) is 0. The van der Waals surface area contributed by atoms with Gasteiger partial charge in [0.25, 0.3) is 0 Å². The van der Waals surface area contributed by atoms with E-state index in [-0.39, 0.29) is 0 Å². The summed E-state index contributed by atoms with van der Waals surface area (Å²) in [6.45, 7) is 5.85. The maximum absolute atomic E-state index is 4.23. The van der Waals surface area contributed by atoms with Crippen molar-refractivity contribution in [3.63, 3.8) is 0 Å². The average molecular weight is 221 g/mol. The summed E-state index contributed by atoms with van der Waals surface area (Å²) < 4.78 is 1.99. The van der Waals surface area contributed by atoms with Crippen molar-refractivity contribution in [3.8, 4) is 0 Å². The van der Waals surface area contributed by atoms with Crippen LogP contribution in [0.5, 0.6) is 0 Å². The van der Waals surface area contributed by atoms with Gasteiger partial charge in [-0.15, -0.1) is 0 Å². The fraction of sp³-hybridized carbons (Fsp3) is 0.769. The lowest BCUT2D eigenvalue weighted by Gasteiger charge is -2.34. The van der Waals surface area contributed by atoms with Crippen LogP contribution in [0.1, 0.15) is 38.8 Å². The van der Waals surface area contributed by atoms with Crippen LogP contribution >= 0.6 is 0 Å². The fourth-order valence-corrected chi connectivity index (χ4v) is 2.82. The van der Waals surface area contributed by atoms with E-state index < -0.39 is 0 Å². The normalized spacial score (nSPS) is 25.5. The quantitative estimate of drug-likeness (QED) is 0.844. The molecule has 1 fully saturated rings. The van der Waals surface area contributed by atoms with Gasteiger partial charge in [0.15, 0.2) is 0 Å². The molecule has 1 atom stereocenters. The smallest absolute Gasteiger partial charge is 0.0492 e. The van der Waals surface area contributed by atoms with Gasteiger partial charge in [-0.25, -0.2) is 0 Å². The number of nitrogens with one attached hydrogen (secondary N) is 1. The monoisotopic (exact) mass is 221 g/mol. The van der Waals surface area contributed by atoms with Gasteiger partial charge in [0.1, 0.15) is 0 Å². The molecule has 3 heteroatoms. The van der Waals surface area contributed by atoms with Crippen molar-refractivity contribution < 1.29 is 0 Å². The molecule has 1 aliphatic rings. The molecule has 1 saturated heterocycles. The molecule has 3 nitrogen and oxygen atoms in total. The molecular weight excluding hydrogens is 198 g/mol. The molecule has 1 aromatic heterocycles. The predicted octanol–water partition coefficient (Wildman–Crippen LogP) is 2.13. The van der Waals surface area contributed by atoms with Crippen LogP contribution in [0.25, 0.3) is 0 Å². The molecule has 1 unspecified atom stereocenters. The van der Waals surface area contributed by atoms with Crippen molar-refractivity contribution in [2.24, 2.45) is 13.0 Å². The van der Waals surface area contributed by atoms with Gasteiger partial charge in [-0.1, -0.05) is 13.8 Å². The number of hydrogen-bond donors (Lipinski definition) is 1. The minimum Gasteiger partial charge on any atom is -0.311 e. The molecule has 0 saturated carbocycles. The lowest BCUT2D eigenvalue weighted by Crippen LogP contribution is -2.45. The van der Waals surface area contributed by atoms with Crippen LogP contribution in [-0.4, -0.2) is 21.9 Å². The standard InChI is InChI=1S/C13H23N3/c1-11(2)13(7-4-9-14-13)8-5-12-6-10-15-16(12)3/h6,10-11,14H,4-5,7-9H2,1-3H3. The summed E-state index contributed by atoms with van der Waals surface area (Å²) in [6.07, 6.45) is 6.89. The highest BCUT2D eigenvalue weighted by atomic mass is 15.2. The molecule has 90 valence electrons. The summed E-state index contributed by atoms with van der Waals surface area (Å²) in [5.41, 5.74) is 1.71. The Morgan fingerprint density at radius 1 is 1.56 bits per heavy atom. The van der Waals surface area contributed by atoms with Crippen molar-refractivity contribution in [2.45, 2.75) is 45.1 Å². The first-order chi connectivity index (χ1) is 7.64. The second-order valence-corrected chi connectivity index (χ2v) is 5.29. The molecule has 1 aromatic rings. The van der Waals surface area contributed by atoms with Gasteiger partial charge in [-0.05, 0) is 44.2 Å². The SMILES string of the molecule is CC(C)C1(CCc2ccnn2C)CCCN1. The highest BCUT2D eigenvalue weighted by Crippen LogP contribution is 2.32. The van der Waals surface area contributed by atoms with E-state index in [4.69, 9.17) is 0 Å². The van der Waals surface area contributed by atoms with Gasteiger partial charge in [-0.2, -0.15) is 5.10 Å². The third-order valence-electron chi connectivity index (χ3n) is 4.13. The lowest BCUT2D eigenvalue weighted by molar-refractivity contribution is 0.251. The fourth-order valence-electron chi connectivity index (χ4n) is 2.82. The molecule has 1 N–H and O–H groups in total. The summed E-state index contributed by atoms with van der Waals surface area (Å²) in [5, 5.41) is 7.95. The zero-order valence-electron chi connectivity index (χ0n) is 10.7. The van der Waals surface area contributed by atoms with Gasteiger partial charge in [0.2, 0.25) is 0 Å². The Labute approximate surface area is 98.2 Å². The zero-order valence-corrected chi connectivity index (χ0v) is 10.7. The highest BCUT2D eigenvalue weighted by Gasteiger charge is 2.35. The first-order valence-corrected chi connectivity index (χ1v) is 6.36. The summed E-state index contributed by atoms with van der Waals surface area (Å²) >= 11 is 0. The Morgan fingerprint density at radius 3 is 2.88 bits per heavy atom. The Hall–Kier alpha value is -0.830. The van der Waals surface area contributed by atoms with E-state index in [0.717, 1.165) is 6.42 Å². The molecule has 0 spiro atoms. The summed E-state index contributed by atoms with van der Waals surface area (Å²) in [6, 6.07) is 2.13. The predicted molar refractivity (Wildman–Crippen MR) is 66.3 cm³/mol. The third kappa shape index (κ3) is 2.14. The maximum atomic E-state index is 4.23. The van der Waals surface area contributed by atoms with Crippen LogP contribution in [-0.2, 0) is 13.5 Å². The van der Waals surface area contributed by atoms with Gasteiger partial charge in [-0.3, -0.25) is 4.68 Å². The number of nitrogens with zero attached hydrogens (tertiary/aromatic N) is 2. The van der Waals surface area contributed by atoms with Crippen LogP contribution < -0.4 is 5.32 Å². The third-order valence-corrected chi connectivity index (χ3v) is 4.13. The minimum atomic E-state index is 0.365. The number of rotatable bonds is 4. The molecule has 16 heavy (non-hydrogen) atoms. The van der Waals surface area contributed by atoms with Gasteiger partial charge < -0.3 is 5.32 Å². The van der Waals surface area contributed by atoms with Gasteiger partial charge in [0, 0.05) is 24.5 Å². The molecule has 0 bridgehead atoms. The van der Waals surface area contributed by atoms with Crippen molar-refractivity contribution in [1.82, 2.24) is 15.1 Å². The van der Waals surface area contributed by atoms with Crippen molar-refractivity contribution in [1.29, 1.82) is 0 Å². The van der Waals surface area contributed by atoms with E-state index in [0.29, 0.717) is 11.5 Å². The summed E-state index contributed by atoms with van der Waals surface area (Å²) in [7, 11) is 2.03. The summed E-state index contributed by atoms with van der Waals surface area (Å²) in [5.74, 6) is 0.711. The van der Waals surface area contributed by atoms with E-state index >= 15 is 0 Å². The molecule has 0 aromatic carbocycles. The Balaban J connectivity index is 2.00. The lowest BCUT2D eigenvalue weighted by atomic mass is 9.81. The van der Waals surface area contributed by atoms with Crippen molar-refractivity contribution in [3.05, 3.63) is 18.0 Å². The Morgan fingerprint density at radius 2 is 2.38 bits per heavy atom. The van der Waals surface area contributed by atoms with Crippen LogP contribution in [0, 0.1) is 5.92 Å². The van der Waals surface area contributed by atoms with Gasteiger partial charge in [0.05, 0.1) is 0 Å². The minimum absolute atomic E-state index is 0.365. The molecule has 0 radical (unpaired) electrons. The van der Waals surface area contributed by atoms with E-state index in [2.05, 4.69) is 30.3 Å². The van der Waals surface area contributed by atoms with E-state index in [1.165, 1.54) is 31.5 Å². The second-order valence-electron chi connectivity index (χ2n) is 5.29. The average Bonchev–Trinajstić information content (AvgIpc) is 2.84. The first kappa shape index (κ1) is 11.6. The number of aromatic nitrogens is 2. The van der Waals surface area contributed by atoms with Crippen molar-refractivity contribution in [2.75, 3.05) is 6.54 Å². The largest absolute Gasteiger partial charge is 0.311 e. The zero-order chi connectivity index (χ0) is 11.6. The van der Waals surface area contributed by atoms with E-state index in [1.54, 1.807) is 0 Å². The van der Waals surface area contributed by atoms with Crippen LogP contribution in [0.2, 0.25) is 0 Å². The molecular formula is C13H23N3. The molecule has 0 aliphatic carbocycles. The van der Waals surface area contributed by atoms with Crippen LogP contribution in [0.15, 0.2) is 12.3 Å². The van der Waals surface area contributed by atoms with Crippen LogP contribution in [0.3, 0.4) is 0 Å². The molecule has 0 amide bonds. The van der Waals surface area contributed by atoms with Crippen LogP contribution in [0.4, 0.5) is 0 Å². The Kier molecular flexibility index (Phi) is 3.33. The van der Waals surface area contributed by atoms with E-state index in [1.807, 2.05) is 17.9 Å².